The molecule has 0 aromatic heterocycles. The Labute approximate surface area is 128 Å². The third-order valence-corrected chi connectivity index (χ3v) is 4.12. The van der Waals surface area contributed by atoms with E-state index in [1.807, 2.05) is 48.5 Å². The minimum Gasteiger partial charge on any atom is -0.384 e. The van der Waals surface area contributed by atoms with Crippen LogP contribution in [0.1, 0.15) is 18.1 Å². The lowest BCUT2D eigenvalue weighted by Crippen LogP contribution is -3.06. The van der Waals surface area contributed by atoms with Gasteiger partial charge in [-0.25, -0.2) is 0 Å². The summed E-state index contributed by atoms with van der Waals surface area (Å²) in [6, 6.07) is 20.3. The van der Waals surface area contributed by atoms with Gasteiger partial charge in [-0.2, -0.15) is 0 Å². The lowest BCUT2D eigenvalue weighted by molar-refractivity contribution is -0.863. The summed E-state index contributed by atoms with van der Waals surface area (Å²) in [5, 5.41) is 11.4. The number of quaternary nitrogens is 1. The predicted octanol–water partition coefficient (Wildman–Crippen LogP) is 1.90. The van der Waals surface area contributed by atoms with Crippen molar-refractivity contribution in [1.29, 1.82) is 0 Å². The third kappa shape index (κ3) is 3.93. The second-order valence-electron chi connectivity index (χ2n) is 6.26. The average molecular weight is 284 g/mol. The Morgan fingerprint density at radius 2 is 1.48 bits per heavy atom. The van der Waals surface area contributed by atoms with Crippen LogP contribution in [0.2, 0.25) is 0 Å². The molecule has 2 heteroatoms. The Morgan fingerprint density at radius 3 is 2.00 bits per heavy atom. The number of benzene rings is 2. The van der Waals surface area contributed by atoms with Crippen LogP contribution in [0, 0.1) is 5.92 Å². The van der Waals surface area contributed by atoms with E-state index in [0.29, 0.717) is 6.42 Å². The molecule has 2 rings (SSSR count). The molecule has 0 fully saturated rings. The first-order valence-electron chi connectivity index (χ1n) is 7.63. The molecule has 0 bridgehead atoms. The summed E-state index contributed by atoms with van der Waals surface area (Å²) in [6.45, 7) is 3.07. The Hall–Kier alpha value is -1.64. The Balaban J connectivity index is 2.34. The molecule has 0 unspecified atom stereocenters. The van der Waals surface area contributed by atoms with Crippen LogP contribution in [-0.4, -0.2) is 25.7 Å². The van der Waals surface area contributed by atoms with Crippen molar-refractivity contribution in [3.05, 3.63) is 71.8 Å². The Bertz CT molecular complexity index is 538. The molecule has 112 valence electrons. The van der Waals surface area contributed by atoms with Crippen molar-refractivity contribution in [2.75, 3.05) is 20.6 Å². The van der Waals surface area contributed by atoms with Crippen LogP contribution < -0.4 is 4.90 Å². The zero-order valence-corrected chi connectivity index (χ0v) is 13.2. The Morgan fingerprint density at radius 1 is 0.952 bits per heavy atom. The van der Waals surface area contributed by atoms with Crippen LogP contribution in [0.5, 0.6) is 0 Å². The van der Waals surface area contributed by atoms with Gasteiger partial charge in [-0.3, -0.25) is 0 Å². The summed E-state index contributed by atoms with van der Waals surface area (Å²) in [5.41, 5.74) is 1.34. The van der Waals surface area contributed by atoms with Gasteiger partial charge in [0.1, 0.15) is 5.60 Å². The lowest BCUT2D eigenvalue weighted by Gasteiger charge is -2.35. The van der Waals surface area contributed by atoms with Crippen LogP contribution in [0.3, 0.4) is 0 Å². The van der Waals surface area contributed by atoms with Gasteiger partial charge < -0.3 is 10.0 Å². The van der Waals surface area contributed by atoms with E-state index in [4.69, 9.17) is 0 Å². The minimum atomic E-state index is -0.833. The maximum atomic E-state index is 11.4. The van der Waals surface area contributed by atoms with Crippen LogP contribution in [0.4, 0.5) is 0 Å². The van der Waals surface area contributed by atoms with E-state index in [0.717, 1.165) is 12.1 Å². The van der Waals surface area contributed by atoms with E-state index in [2.05, 4.69) is 33.2 Å². The summed E-state index contributed by atoms with van der Waals surface area (Å²) in [5.74, 6) is 0.171. The highest BCUT2D eigenvalue weighted by Gasteiger charge is 2.37. The van der Waals surface area contributed by atoms with E-state index in [1.54, 1.807) is 0 Å². The summed E-state index contributed by atoms with van der Waals surface area (Å²) in [7, 11) is 4.26. The molecule has 0 saturated carbocycles. The van der Waals surface area contributed by atoms with E-state index in [9.17, 15) is 5.11 Å². The van der Waals surface area contributed by atoms with E-state index >= 15 is 0 Å². The van der Waals surface area contributed by atoms with Gasteiger partial charge in [0.15, 0.2) is 0 Å². The topological polar surface area (TPSA) is 24.7 Å². The summed E-state index contributed by atoms with van der Waals surface area (Å²) in [6.07, 6.45) is 0.645. The molecule has 0 aliphatic carbocycles. The zero-order valence-electron chi connectivity index (χ0n) is 13.2. The van der Waals surface area contributed by atoms with Gasteiger partial charge in [0.25, 0.3) is 0 Å². The molecule has 2 N–H and O–H groups in total. The van der Waals surface area contributed by atoms with Crippen molar-refractivity contribution in [3.8, 4) is 0 Å². The summed E-state index contributed by atoms with van der Waals surface area (Å²) < 4.78 is 0. The number of nitrogens with one attached hydrogen (secondary N) is 1. The number of aliphatic hydroxyl groups is 1. The average Bonchev–Trinajstić information content (AvgIpc) is 2.48. The van der Waals surface area contributed by atoms with Gasteiger partial charge in [-0.1, -0.05) is 67.6 Å². The first-order chi connectivity index (χ1) is 10.0. The fourth-order valence-electron chi connectivity index (χ4n) is 2.98. The maximum absolute atomic E-state index is 11.4. The third-order valence-electron chi connectivity index (χ3n) is 4.12. The molecule has 21 heavy (non-hydrogen) atoms. The molecular formula is C19H26NO+. The molecule has 0 saturated heterocycles. The molecule has 2 aromatic carbocycles. The molecule has 0 radical (unpaired) electrons. The van der Waals surface area contributed by atoms with Crippen LogP contribution in [0.15, 0.2) is 60.7 Å². The zero-order chi connectivity index (χ0) is 15.3. The number of rotatable bonds is 6. The molecule has 2 atom stereocenters. The van der Waals surface area contributed by atoms with Gasteiger partial charge in [0, 0.05) is 12.3 Å². The van der Waals surface area contributed by atoms with Crippen molar-refractivity contribution >= 4 is 0 Å². The maximum Gasteiger partial charge on any atom is 0.102 e. The Kier molecular flexibility index (Phi) is 5.16. The number of hydrogen-bond donors (Lipinski definition) is 2. The van der Waals surface area contributed by atoms with Gasteiger partial charge in [-0.15, -0.1) is 0 Å². The molecule has 0 amide bonds. The molecule has 2 aromatic rings. The predicted molar refractivity (Wildman–Crippen MR) is 87.3 cm³/mol. The van der Waals surface area contributed by atoms with Crippen molar-refractivity contribution < 1.29 is 10.0 Å². The molecule has 0 spiro atoms. The van der Waals surface area contributed by atoms with Gasteiger partial charge in [0.05, 0.1) is 20.6 Å². The van der Waals surface area contributed by atoms with Gasteiger partial charge in [0.2, 0.25) is 0 Å². The van der Waals surface area contributed by atoms with Gasteiger partial charge in [-0.05, 0) is 11.1 Å². The summed E-state index contributed by atoms with van der Waals surface area (Å²) in [4.78, 5) is 1.35. The second kappa shape index (κ2) is 6.88. The van der Waals surface area contributed by atoms with Crippen molar-refractivity contribution in [3.63, 3.8) is 0 Å². The molecule has 0 aliphatic rings. The largest absolute Gasteiger partial charge is 0.384 e. The fraction of sp³-hybridized carbons (Fsp3) is 0.368. The molecule has 2 nitrogen and oxygen atoms in total. The quantitative estimate of drug-likeness (QED) is 0.832. The highest BCUT2D eigenvalue weighted by atomic mass is 16.3. The van der Waals surface area contributed by atoms with Crippen LogP contribution >= 0.6 is 0 Å². The highest BCUT2D eigenvalue weighted by Crippen LogP contribution is 2.32. The first-order valence-corrected chi connectivity index (χ1v) is 7.63. The standard InChI is InChI=1S/C19H25NO/c1-16(15-20(2)3)19(21,18-12-8-5-9-13-18)14-17-10-6-4-7-11-17/h4-13,16,21H,14-15H2,1-3H3/p+1/t16-,19-/m0/s1. The highest BCUT2D eigenvalue weighted by molar-refractivity contribution is 5.27. The molecular weight excluding hydrogens is 258 g/mol. The SMILES string of the molecule is C[C@@H](C[NH+](C)C)[C@@](O)(Cc1ccccc1)c1ccccc1. The van der Waals surface area contributed by atoms with Crippen LogP contribution in [0.25, 0.3) is 0 Å². The van der Waals surface area contributed by atoms with Crippen molar-refractivity contribution in [2.45, 2.75) is 18.9 Å². The molecule has 0 aliphatic heterocycles. The van der Waals surface area contributed by atoms with Gasteiger partial charge >= 0.3 is 0 Å². The van der Waals surface area contributed by atoms with E-state index < -0.39 is 5.60 Å². The van der Waals surface area contributed by atoms with E-state index in [-0.39, 0.29) is 5.92 Å². The van der Waals surface area contributed by atoms with E-state index in [1.165, 1.54) is 10.5 Å². The molecule has 0 heterocycles. The first kappa shape index (κ1) is 15.7. The fourth-order valence-corrected chi connectivity index (χ4v) is 2.98. The lowest BCUT2D eigenvalue weighted by atomic mass is 9.77. The normalized spacial score (nSPS) is 15.7. The summed E-state index contributed by atoms with van der Waals surface area (Å²) >= 11 is 0. The number of hydrogen-bond acceptors (Lipinski definition) is 1. The smallest absolute Gasteiger partial charge is 0.102 e. The second-order valence-corrected chi connectivity index (χ2v) is 6.26. The monoisotopic (exact) mass is 284 g/mol. The minimum absolute atomic E-state index is 0.171. The van der Waals surface area contributed by atoms with Crippen molar-refractivity contribution in [1.82, 2.24) is 0 Å². The van der Waals surface area contributed by atoms with Crippen molar-refractivity contribution in [2.24, 2.45) is 5.92 Å². The van der Waals surface area contributed by atoms with Crippen LogP contribution in [-0.2, 0) is 12.0 Å².